The molecule has 5 rings (SSSR count). The molecule has 1 amide bonds. The van der Waals surface area contributed by atoms with Crippen LogP contribution in [-0.2, 0) is 4.79 Å². The molecular weight excluding hydrogens is 555 g/mol. The number of hydrogen-bond donors (Lipinski definition) is 2. The van der Waals surface area contributed by atoms with E-state index in [4.69, 9.17) is 32.9 Å². The summed E-state index contributed by atoms with van der Waals surface area (Å²) in [4.78, 5) is 25.6. The third-order valence-electron chi connectivity index (χ3n) is 5.71. The number of carbonyl (C=O) groups is 1. The van der Waals surface area contributed by atoms with Crippen molar-refractivity contribution in [2.45, 2.75) is 13.0 Å². The van der Waals surface area contributed by atoms with Crippen molar-refractivity contribution < 1.29 is 9.53 Å². The predicted octanol–water partition coefficient (Wildman–Crippen LogP) is 6.31. The van der Waals surface area contributed by atoms with Crippen molar-refractivity contribution >= 4 is 72.7 Å². The van der Waals surface area contributed by atoms with Gasteiger partial charge in [0, 0.05) is 36.1 Å². The van der Waals surface area contributed by atoms with Gasteiger partial charge in [-0.1, -0.05) is 39.1 Å². The molecule has 35 heavy (non-hydrogen) atoms. The Labute approximate surface area is 218 Å². The minimum atomic E-state index is -0.394. The fourth-order valence-corrected chi connectivity index (χ4v) is 4.92. The lowest BCUT2D eigenvalue weighted by Gasteiger charge is -2.17. The maximum atomic E-state index is 12.0. The number of nitrogens with zero attached hydrogens (tertiary/aromatic N) is 4. The Morgan fingerprint density at radius 1 is 1.14 bits per heavy atom. The third-order valence-corrected chi connectivity index (χ3v) is 6.79. The summed E-state index contributed by atoms with van der Waals surface area (Å²) >= 11 is 15.8. The molecule has 0 spiro atoms. The van der Waals surface area contributed by atoms with Gasteiger partial charge in [-0.15, -0.1) is 0 Å². The third kappa shape index (κ3) is 4.47. The smallest absolute Gasteiger partial charge is 0.237 e. The predicted molar refractivity (Wildman–Crippen MR) is 142 cm³/mol. The van der Waals surface area contributed by atoms with Gasteiger partial charge < -0.3 is 14.6 Å². The van der Waals surface area contributed by atoms with Gasteiger partial charge in [0.1, 0.15) is 17.5 Å². The molecule has 3 aromatic heterocycles. The highest BCUT2D eigenvalue weighted by Crippen LogP contribution is 2.35. The van der Waals surface area contributed by atoms with Crippen LogP contribution < -0.4 is 9.64 Å². The van der Waals surface area contributed by atoms with Crippen LogP contribution in [0.25, 0.3) is 33.5 Å². The second kappa shape index (κ2) is 9.49. The summed E-state index contributed by atoms with van der Waals surface area (Å²) in [6.45, 7) is 1.88. The molecule has 1 atom stereocenters. The Balaban J connectivity index is 1.48. The zero-order valence-electron chi connectivity index (χ0n) is 18.6. The van der Waals surface area contributed by atoms with E-state index in [-0.39, 0.29) is 11.2 Å². The van der Waals surface area contributed by atoms with Gasteiger partial charge in [-0.05, 0) is 43.3 Å². The van der Waals surface area contributed by atoms with Crippen LogP contribution in [0.3, 0.4) is 0 Å². The molecule has 0 saturated carbocycles. The van der Waals surface area contributed by atoms with Crippen molar-refractivity contribution in [3.63, 3.8) is 0 Å². The highest BCUT2D eigenvalue weighted by molar-refractivity contribution is 9.09. The van der Waals surface area contributed by atoms with Crippen LogP contribution in [0.5, 0.6) is 5.75 Å². The van der Waals surface area contributed by atoms with Crippen LogP contribution in [0.2, 0.25) is 10.0 Å². The summed E-state index contributed by atoms with van der Waals surface area (Å²) in [6, 6.07) is 11.3. The molecule has 0 radical (unpaired) electrons. The Morgan fingerprint density at radius 3 is 2.66 bits per heavy atom. The zero-order chi connectivity index (χ0) is 24.7. The quantitative estimate of drug-likeness (QED) is 0.232. The highest BCUT2D eigenvalue weighted by Gasteiger charge is 2.18. The molecule has 178 valence electrons. The van der Waals surface area contributed by atoms with Gasteiger partial charge in [0.25, 0.3) is 0 Å². The number of rotatable bonds is 6. The van der Waals surface area contributed by atoms with Crippen molar-refractivity contribution in [2.24, 2.45) is 0 Å². The second-order valence-electron chi connectivity index (χ2n) is 7.93. The number of carbonyl (C=O) groups excluding carboxylic acids is 1. The average Bonchev–Trinajstić information content (AvgIpc) is 3.46. The normalized spacial score (nSPS) is 12.3. The molecular formula is C24H19BrCl2N6O2. The fraction of sp³-hybridized carbons (Fsp3) is 0.167. The Hall–Kier alpha value is -3.14. The number of fused-ring (bicyclic) bond motifs is 2. The standard InChI is InChI=1S/C24H19BrCl2N6O2/c1-12(22-16(26)10-28-11-17(22)27)35-14-4-6-18-15(8-14)23(32-31-18)24-29-19-5-3-13(7-20(19)30-24)33(2)21(34)9-25/h3-8,10-12H,9H2,1-2H3,(H,29,30)(H,31,32). The van der Waals surface area contributed by atoms with E-state index < -0.39 is 6.10 Å². The number of imidazole rings is 1. The first kappa shape index (κ1) is 23.6. The number of hydrogen-bond acceptors (Lipinski definition) is 5. The van der Waals surface area contributed by atoms with Crippen molar-refractivity contribution in [3.8, 4) is 17.3 Å². The molecule has 0 aliphatic carbocycles. The van der Waals surface area contributed by atoms with E-state index in [1.54, 1.807) is 24.3 Å². The number of benzene rings is 2. The Kier molecular flexibility index (Phi) is 6.39. The van der Waals surface area contributed by atoms with E-state index in [1.807, 2.05) is 43.3 Å². The number of pyridine rings is 1. The summed E-state index contributed by atoms with van der Waals surface area (Å²) in [5.74, 6) is 1.19. The molecule has 1 unspecified atom stereocenters. The molecule has 0 aliphatic heterocycles. The summed E-state index contributed by atoms with van der Waals surface area (Å²) in [7, 11) is 1.73. The number of H-pyrrole nitrogens is 2. The summed E-state index contributed by atoms with van der Waals surface area (Å²) in [5, 5.41) is 9.49. The van der Waals surface area contributed by atoms with Crippen LogP contribution in [0.4, 0.5) is 5.69 Å². The SMILES string of the molecule is CC(Oc1ccc2[nH]nc(-c3nc4ccc(N(C)C(=O)CBr)cc4[nH]3)c2c1)c1c(Cl)cncc1Cl. The van der Waals surface area contributed by atoms with Gasteiger partial charge in [-0.3, -0.25) is 14.9 Å². The van der Waals surface area contributed by atoms with Crippen LogP contribution in [-0.4, -0.2) is 43.4 Å². The minimum absolute atomic E-state index is 0.0431. The van der Waals surface area contributed by atoms with Crippen molar-refractivity contribution in [1.29, 1.82) is 0 Å². The lowest BCUT2D eigenvalue weighted by Crippen LogP contribution is -2.26. The fourth-order valence-electron chi connectivity index (χ4n) is 3.87. The number of amides is 1. The first-order chi connectivity index (χ1) is 16.9. The number of aromatic amines is 2. The van der Waals surface area contributed by atoms with Gasteiger partial charge in [-0.2, -0.15) is 5.10 Å². The van der Waals surface area contributed by atoms with Crippen molar-refractivity contribution in [1.82, 2.24) is 25.1 Å². The number of nitrogens with one attached hydrogen (secondary N) is 2. The molecule has 0 bridgehead atoms. The van der Waals surface area contributed by atoms with Crippen LogP contribution in [0.1, 0.15) is 18.6 Å². The molecule has 2 N–H and O–H groups in total. The monoisotopic (exact) mass is 572 g/mol. The van der Waals surface area contributed by atoms with Gasteiger partial charge in [0.15, 0.2) is 5.82 Å². The zero-order valence-corrected chi connectivity index (χ0v) is 21.7. The van der Waals surface area contributed by atoms with E-state index >= 15 is 0 Å². The minimum Gasteiger partial charge on any atom is -0.486 e. The number of ether oxygens (including phenoxy) is 1. The summed E-state index contributed by atoms with van der Waals surface area (Å²) in [6.07, 6.45) is 2.69. The first-order valence-corrected chi connectivity index (χ1v) is 12.5. The number of anilines is 1. The number of alkyl halides is 1. The van der Waals surface area contributed by atoms with Crippen LogP contribution in [0.15, 0.2) is 48.8 Å². The van der Waals surface area contributed by atoms with Crippen LogP contribution >= 0.6 is 39.1 Å². The Morgan fingerprint density at radius 2 is 1.91 bits per heavy atom. The molecule has 0 aliphatic rings. The van der Waals surface area contributed by atoms with E-state index in [9.17, 15) is 4.79 Å². The van der Waals surface area contributed by atoms with Crippen molar-refractivity contribution in [3.05, 3.63) is 64.4 Å². The van der Waals surface area contributed by atoms with E-state index in [0.717, 1.165) is 27.6 Å². The highest BCUT2D eigenvalue weighted by atomic mass is 79.9. The molecule has 5 aromatic rings. The second-order valence-corrected chi connectivity index (χ2v) is 9.30. The van der Waals surface area contributed by atoms with Gasteiger partial charge >= 0.3 is 0 Å². The lowest BCUT2D eigenvalue weighted by molar-refractivity contribution is -0.115. The molecule has 3 heterocycles. The number of aromatic nitrogens is 5. The topological polar surface area (TPSA) is 99.8 Å². The molecule has 0 fully saturated rings. The van der Waals surface area contributed by atoms with Gasteiger partial charge in [0.05, 0.1) is 31.9 Å². The molecule has 8 nitrogen and oxygen atoms in total. The maximum absolute atomic E-state index is 12.0. The summed E-state index contributed by atoms with van der Waals surface area (Å²) in [5.41, 5.74) is 4.49. The van der Waals surface area contributed by atoms with E-state index in [0.29, 0.717) is 32.9 Å². The maximum Gasteiger partial charge on any atom is 0.237 e. The van der Waals surface area contributed by atoms with Crippen LogP contribution in [0, 0.1) is 0 Å². The molecule has 11 heteroatoms. The van der Waals surface area contributed by atoms with E-state index in [2.05, 4.69) is 36.1 Å². The number of halogens is 3. The Bertz CT molecular complexity index is 1550. The lowest BCUT2D eigenvalue weighted by atomic mass is 10.1. The molecule has 0 saturated heterocycles. The van der Waals surface area contributed by atoms with Gasteiger partial charge in [-0.25, -0.2) is 4.98 Å². The summed E-state index contributed by atoms with van der Waals surface area (Å²) < 4.78 is 6.15. The largest absolute Gasteiger partial charge is 0.486 e. The molecule has 2 aromatic carbocycles. The van der Waals surface area contributed by atoms with E-state index in [1.165, 1.54) is 0 Å². The van der Waals surface area contributed by atoms with Gasteiger partial charge in [0.2, 0.25) is 5.91 Å². The first-order valence-electron chi connectivity index (χ1n) is 10.6. The van der Waals surface area contributed by atoms with Crippen molar-refractivity contribution in [2.75, 3.05) is 17.3 Å². The average molecular weight is 574 g/mol.